The second-order valence-electron chi connectivity index (χ2n) is 12.1. The molecule has 3 aromatic heterocycles. The molecule has 7 aromatic rings. The van der Waals surface area contributed by atoms with E-state index in [0.29, 0.717) is 0 Å². The summed E-state index contributed by atoms with van der Waals surface area (Å²) in [5.41, 5.74) is 9.06. The maximum absolute atomic E-state index is 6.55. The van der Waals surface area contributed by atoms with Gasteiger partial charge in [0.25, 0.3) is 0 Å². The van der Waals surface area contributed by atoms with Gasteiger partial charge in [0, 0.05) is 34.7 Å². The lowest BCUT2D eigenvalue weighted by Crippen LogP contribution is -2.05. The molecule has 0 aliphatic heterocycles. The number of pyridine rings is 1. The fourth-order valence-corrected chi connectivity index (χ4v) is 6.20. The Morgan fingerprint density at radius 2 is 1.41 bits per heavy atom. The van der Waals surface area contributed by atoms with E-state index in [0.717, 1.165) is 45.1 Å². The Balaban J connectivity index is 1.32. The third kappa shape index (κ3) is 4.84. The third-order valence-electron chi connectivity index (χ3n) is 8.18. The van der Waals surface area contributed by atoms with Crippen LogP contribution < -0.4 is 4.74 Å². The minimum absolute atomic E-state index is 0.273. The number of fused-ring (bicyclic) bond motifs is 3. The molecule has 0 N–H and O–H groups in total. The molecular formula is C39H36N4O. The predicted octanol–water partition coefficient (Wildman–Crippen LogP) is 10.4. The first kappa shape index (κ1) is 27.7. The van der Waals surface area contributed by atoms with E-state index < -0.39 is 0 Å². The van der Waals surface area contributed by atoms with Crippen molar-refractivity contribution >= 4 is 21.8 Å². The van der Waals surface area contributed by atoms with E-state index in [-0.39, 0.29) is 11.8 Å². The van der Waals surface area contributed by atoms with E-state index in [4.69, 9.17) is 14.8 Å². The van der Waals surface area contributed by atoms with Gasteiger partial charge < -0.3 is 4.74 Å². The van der Waals surface area contributed by atoms with Gasteiger partial charge in [-0.25, -0.2) is 9.67 Å². The molecular weight excluding hydrogens is 540 g/mol. The summed E-state index contributed by atoms with van der Waals surface area (Å²) in [6, 6.07) is 37.8. The average Bonchev–Trinajstić information content (AvgIpc) is 3.59. The molecule has 0 aliphatic rings. The zero-order chi connectivity index (χ0) is 30.4. The molecule has 0 saturated carbocycles. The Morgan fingerprint density at radius 3 is 2.18 bits per heavy atom. The van der Waals surface area contributed by atoms with Gasteiger partial charge in [-0.05, 0) is 72.4 Å². The van der Waals surface area contributed by atoms with E-state index in [2.05, 4.69) is 129 Å². The highest BCUT2D eigenvalue weighted by Crippen LogP contribution is 2.39. The number of rotatable bonds is 7. The van der Waals surface area contributed by atoms with Gasteiger partial charge in [-0.1, -0.05) is 82.3 Å². The van der Waals surface area contributed by atoms with Crippen LogP contribution in [0.5, 0.6) is 11.5 Å². The number of ether oxygens (including phenoxy) is 1. The minimum atomic E-state index is 0.273. The van der Waals surface area contributed by atoms with Crippen molar-refractivity contribution in [1.82, 2.24) is 19.3 Å². The van der Waals surface area contributed by atoms with Crippen LogP contribution in [0.25, 0.3) is 44.4 Å². The maximum atomic E-state index is 6.55. The Labute approximate surface area is 258 Å². The van der Waals surface area contributed by atoms with E-state index in [1.807, 2.05) is 30.5 Å². The number of benzene rings is 4. The standard InChI is InChI=1S/C39H36N4O/c1-25(2)38-37(28-12-7-6-8-13-28)39(26(3)4)43(41-38)29-14-11-15-30(23-29)44-31-18-19-33-32-16-9-10-17-34(32)42(35(33)24-31)36-22-27(5)20-21-40-36/h6-26H,1-5H3. The first-order chi connectivity index (χ1) is 21.4. The quantitative estimate of drug-likeness (QED) is 0.190. The van der Waals surface area contributed by atoms with E-state index in [9.17, 15) is 0 Å². The molecule has 5 nitrogen and oxygen atoms in total. The van der Waals surface area contributed by atoms with Gasteiger partial charge in [0.05, 0.1) is 28.1 Å². The predicted molar refractivity (Wildman–Crippen MR) is 181 cm³/mol. The lowest BCUT2D eigenvalue weighted by Gasteiger charge is -2.15. The van der Waals surface area contributed by atoms with Crippen LogP contribution in [0, 0.1) is 6.92 Å². The van der Waals surface area contributed by atoms with Crippen molar-refractivity contribution in [3.05, 3.63) is 132 Å². The molecule has 0 amide bonds. The molecule has 0 spiro atoms. The Kier molecular flexibility index (Phi) is 7.01. The van der Waals surface area contributed by atoms with Crippen LogP contribution in [0.4, 0.5) is 0 Å². The van der Waals surface area contributed by atoms with Crippen LogP contribution in [0.2, 0.25) is 0 Å². The van der Waals surface area contributed by atoms with Crippen molar-refractivity contribution in [2.75, 3.05) is 0 Å². The molecule has 4 aromatic carbocycles. The van der Waals surface area contributed by atoms with Crippen molar-refractivity contribution in [2.45, 2.75) is 46.5 Å². The van der Waals surface area contributed by atoms with Crippen LogP contribution >= 0.6 is 0 Å². The number of para-hydroxylation sites is 1. The van der Waals surface area contributed by atoms with Gasteiger partial charge in [0.1, 0.15) is 17.3 Å². The Hall–Kier alpha value is -5.16. The first-order valence-corrected chi connectivity index (χ1v) is 15.3. The molecule has 0 aliphatic carbocycles. The lowest BCUT2D eigenvalue weighted by molar-refractivity contribution is 0.482. The van der Waals surface area contributed by atoms with Gasteiger partial charge in [-0.2, -0.15) is 5.10 Å². The molecule has 3 heterocycles. The number of aryl methyl sites for hydroxylation is 1. The molecule has 218 valence electrons. The summed E-state index contributed by atoms with van der Waals surface area (Å²) in [7, 11) is 0. The monoisotopic (exact) mass is 576 g/mol. The highest BCUT2D eigenvalue weighted by molar-refractivity contribution is 6.09. The van der Waals surface area contributed by atoms with E-state index in [1.165, 1.54) is 27.8 Å². The molecule has 0 atom stereocenters. The summed E-state index contributed by atoms with van der Waals surface area (Å²) in [5, 5.41) is 7.55. The lowest BCUT2D eigenvalue weighted by atomic mass is 9.93. The summed E-state index contributed by atoms with van der Waals surface area (Å²) in [6.07, 6.45) is 1.87. The normalized spacial score (nSPS) is 11.7. The molecule has 0 fully saturated rings. The molecule has 7 rings (SSSR count). The SMILES string of the molecule is Cc1ccnc(-n2c3ccccc3c3ccc(Oc4cccc(-n5nc(C(C)C)c(-c6ccccc6)c5C(C)C)c4)cc32)c1. The zero-order valence-corrected chi connectivity index (χ0v) is 25.8. The summed E-state index contributed by atoms with van der Waals surface area (Å²) >= 11 is 0. The van der Waals surface area contributed by atoms with Crippen LogP contribution in [0.15, 0.2) is 115 Å². The molecule has 44 heavy (non-hydrogen) atoms. The maximum Gasteiger partial charge on any atom is 0.137 e. The highest BCUT2D eigenvalue weighted by atomic mass is 16.5. The van der Waals surface area contributed by atoms with Crippen molar-refractivity contribution in [1.29, 1.82) is 0 Å². The van der Waals surface area contributed by atoms with Crippen molar-refractivity contribution in [3.8, 4) is 34.1 Å². The molecule has 0 saturated heterocycles. The Morgan fingerprint density at radius 1 is 0.659 bits per heavy atom. The highest BCUT2D eigenvalue weighted by Gasteiger charge is 2.24. The van der Waals surface area contributed by atoms with E-state index >= 15 is 0 Å². The van der Waals surface area contributed by atoms with E-state index in [1.54, 1.807) is 0 Å². The smallest absolute Gasteiger partial charge is 0.137 e. The average molecular weight is 577 g/mol. The van der Waals surface area contributed by atoms with Gasteiger partial charge in [-0.15, -0.1) is 0 Å². The first-order valence-electron chi connectivity index (χ1n) is 15.3. The summed E-state index contributed by atoms with van der Waals surface area (Å²) in [4.78, 5) is 4.72. The number of aromatic nitrogens is 4. The van der Waals surface area contributed by atoms with Gasteiger partial charge in [0.2, 0.25) is 0 Å². The number of hydrogen-bond donors (Lipinski definition) is 0. The summed E-state index contributed by atoms with van der Waals surface area (Å²) in [5.74, 6) is 2.98. The van der Waals surface area contributed by atoms with Gasteiger partial charge >= 0.3 is 0 Å². The van der Waals surface area contributed by atoms with Gasteiger partial charge in [0.15, 0.2) is 0 Å². The van der Waals surface area contributed by atoms with Crippen LogP contribution in [-0.2, 0) is 0 Å². The molecule has 0 bridgehead atoms. The van der Waals surface area contributed by atoms with Crippen molar-refractivity contribution in [2.24, 2.45) is 0 Å². The largest absolute Gasteiger partial charge is 0.457 e. The topological polar surface area (TPSA) is 44.9 Å². The van der Waals surface area contributed by atoms with Crippen LogP contribution in [0.3, 0.4) is 0 Å². The third-order valence-corrected chi connectivity index (χ3v) is 8.18. The molecule has 5 heteroatoms. The summed E-state index contributed by atoms with van der Waals surface area (Å²) in [6.45, 7) is 11.0. The minimum Gasteiger partial charge on any atom is -0.457 e. The van der Waals surface area contributed by atoms with Crippen molar-refractivity contribution < 1.29 is 4.74 Å². The van der Waals surface area contributed by atoms with Crippen LogP contribution in [-0.4, -0.2) is 19.3 Å². The second kappa shape index (κ2) is 11.2. The van der Waals surface area contributed by atoms with Crippen LogP contribution in [0.1, 0.15) is 56.5 Å². The molecule has 0 unspecified atom stereocenters. The Bertz CT molecular complexity index is 2120. The number of hydrogen-bond acceptors (Lipinski definition) is 3. The second-order valence-corrected chi connectivity index (χ2v) is 12.1. The fraction of sp³-hybridized carbons (Fsp3) is 0.179. The zero-order valence-electron chi connectivity index (χ0n) is 25.8. The fourth-order valence-electron chi connectivity index (χ4n) is 6.20. The number of nitrogens with zero attached hydrogens (tertiary/aromatic N) is 4. The van der Waals surface area contributed by atoms with Crippen molar-refractivity contribution in [3.63, 3.8) is 0 Å². The summed E-state index contributed by atoms with van der Waals surface area (Å²) < 4.78 is 10.9. The molecule has 0 radical (unpaired) electrons. The van der Waals surface area contributed by atoms with Gasteiger partial charge in [-0.3, -0.25) is 4.57 Å².